The summed E-state index contributed by atoms with van der Waals surface area (Å²) in [6.45, 7) is 5.96. The molecule has 102 valence electrons. The van der Waals surface area contributed by atoms with E-state index < -0.39 is 0 Å². The number of nitrogens with one attached hydrogen (secondary N) is 1. The quantitative estimate of drug-likeness (QED) is 0.643. The van der Waals surface area contributed by atoms with E-state index in [2.05, 4.69) is 17.2 Å². The third-order valence-corrected chi connectivity index (χ3v) is 4.64. The molecule has 1 aliphatic heterocycles. The summed E-state index contributed by atoms with van der Waals surface area (Å²) in [5.74, 6) is 5.68. The summed E-state index contributed by atoms with van der Waals surface area (Å²) in [5.41, 5.74) is 2.85. The van der Waals surface area contributed by atoms with E-state index in [-0.39, 0.29) is 12.1 Å². The Balaban J connectivity index is 2.06. The Bertz CT molecular complexity index is 372. The highest BCUT2D eigenvalue weighted by molar-refractivity contribution is 7.10. The first-order valence-corrected chi connectivity index (χ1v) is 7.55. The molecule has 1 fully saturated rings. The van der Waals surface area contributed by atoms with Gasteiger partial charge in [-0.05, 0) is 24.4 Å². The molecule has 2 rings (SSSR count). The molecule has 2 heterocycles. The molecule has 0 spiro atoms. The van der Waals surface area contributed by atoms with Crippen molar-refractivity contribution in [3.8, 4) is 0 Å². The Hall–Kier alpha value is -0.170. The van der Waals surface area contributed by atoms with Crippen molar-refractivity contribution in [2.75, 3.05) is 26.2 Å². The molecule has 4 nitrogen and oxygen atoms in total. The summed E-state index contributed by atoms with van der Waals surface area (Å²) in [4.78, 5) is 3.47. The minimum absolute atomic E-state index is 0.0304. The third kappa shape index (κ3) is 3.23. The molecule has 0 aromatic carbocycles. The van der Waals surface area contributed by atoms with Crippen LogP contribution in [0.15, 0.2) is 11.4 Å². The third-order valence-electron chi connectivity index (χ3n) is 3.20. The van der Waals surface area contributed by atoms with Crippen LogP contribution in [0.1, 0.15) is 24.3 Å². The monoisotopic (exact) mass is 289 g/mol. The van der Waals surface area contributed by atoms with Gasteiger partial charge >= 0.3 is 0 Å². The van der Waals surface area contributed by atoms with Crippen LogP contribution in [0.25, 0.3) is 0 Å². The number of morpholine rings is 1. The molecule has 1 aliphatic rings. The molecule has 6 heteroatoms. The first kappa shape index (κ1) is 14.2. The summed E-state index contributed by atoms with van der Waals surface area (Å²) in [5, 5.41) is 2.74. The molecule has 1 aromatic rings. The van der Waals surface area contributed by atoms with Crippen LogP contribution in [0.2, 0.25) is 5.02 Å². The molecule has 2 atom stereocenters. The Morgan fingerprint density at radius 3 is 3.17 bits per heavy atom. The second-order valence-corrected chi connectivity index (χ2v) is 5.84. The van der Waals surface area contributed by atoms with Crippen molar-refractivity contribution < 1.29 is 4.74 Å². The number of nitrogens with zero attached hydrogens (tertiary/aromatic N) is 1. The summed E-state index contributed by atoms with van der Waals surface area (Å²) in [6, 6.07) is 1.87. The van der Waals surface area contributed by atoms with Crippen molar-refractivity contribution in [2.45, 2.75) is 25.5 Å². The maximum atomic E-state index is 6.18. The first-order chi connectivity index (χ1) is 8.76. The van der Waals surface area contributed by atoms with Crippen LogP contribution < -0.4 is 11.3 Å². The smallest absolute Gasteiger partial charge is 0.0918 e. The van der Waals surface area contributed by atoms with Crippen molar-refractivity contribution in [2.24, 2.45) is 5.84 Å². The van der Waals surface area contributed by atoms with Crippen LogP contribution in [0.4, 0.5) is 0 Å². The van der Waals surface area contributed by atoms with E-state index in [4.69, 9.17) is 22.2 Å². The Morgan fingerprint density at radius 1 is 1.72 bits per heavy atom. The van der Waals surface area contributed by atoms with Gasteiger partial charge in [-0.3, -0.25) is 10.7 Å². The summed E-state index contributed by atoms with van der Waals surface area (Å²) in [7, 11) is 0. The van der Waals surface area contributed by atoms with Gasteiger partial charge in [0.1, 0.15) is 0 Å². The number of rotatable bonds is 5. The topological polar surface area (TPSA) is 50.5 Å². The molecule has 3 N–H and O–H groups in total. The van der Waals surface area contributed by atoms with E-state index in [1.54, 1.807) is 11.3 Å². The van der Waals surface area contributed by atoms with Gasteiger partial charge in [-0.1, -0.05) is 18.5 Å². The van der Waals surface area contributed by atoms with Gasteiger partial charge in [-0.15, -0.1) is 11.3 Å². The molecule has 0 bridgehead atoms. The molecular formula is C12H20ClN3OS. The van der Waals surface area contributed by atoms with E-state index in [1.807, 2.05) is 11.4 Å². The largest absolute Gasteiger partial charge is 0.373 e. The van der Waals surface area contributed by atoms with Crippen molar-refractivity contribution >= 4 is 22.9 Å². The molecule has 0 saturated carbocycles. The molecule has 2 unspecified atom stereocenters. The van der Waals surface area contributed by atoms with Crippen LogP contribution >= 0.6 is 22.9 Å². The highest BCUT2D eigenvalue weighted by atomic mass is 35.5. The number of ether oxygens (including phenoxy) is 1. The normalized spacial score (nSPS) is 23.2. The van der Waals surface area contributed by atoms with Crippen LogP contribution in [-0.4, -0.2) is 37.2 Å². The van der Waals surface area contributed by atoms with Crippen LogP contribution in [0.3, 0.4) is 0 Å². The van der Waals surface area contributed by atoms with Gasteiger partial charge in [0, 0.05) is 18.0 Å². The summed E-state index contributed by atoms with van der Waals surface area (Å²) in [6.07, 6.45) is 1.22. The van der Waals surface area contributed by atoms with Gasteiger partial charge in [0.25, 0.3) is 0 Å². The highest BCUT2D eigenvalue weighted by Crippen LogP contribution is 2.32. The zero-order valence-corrected chi connectivity index (χ0v) is 12.1. The SMILES string of the molecule is CCCN1CCOC(C(NN)c2sccc2Cl)C1. The average molecular weight is 290 g/mol. The minimum atomic E-state index is -0.0304. The van der Waals surface area contributed by atoms with Crippen molar-refractivity contribution in [3.63, 3.8) is 0 Å². The molecule has 18 heavy (non-hydrogen) atoms. The van der Waals surface area contributed by atoms with Gasteiger partial charge < -0.3 is 4.74 Å². The van der Waals surface area contributed by atoms with Gasteiger partial charge in [0.15, 0.2) is 0 Å². The van der Waals surface area contributed by atoms with Gasteiger partial charge in [0.2, 0.25) is 0 Å². The van der Waals surface area contributed by atoms with Crippen LogP contribution in [-0.2, 0) is 4.74 Å². The highest BCUT2D eigenvalue weighted by Gasteiger charge is 2.30. The number of hydrogen-bond donors (Lipinski definition) is 2. The first-order valence-electron chi connectivity index (χ1n) is 6.29. The number of thiophene rings is 1. The van der Waals surface area contributed by atoms with Gasteiger partial charge in [-0.25, -0.2) is 5.43 Å². The number of halogens is 1. The fourth-order valence-corrected chi connectivity index (χ4v) is 3.62. The summed E-state index contributed by atoms with van der Waals surface area (Å²) < 4.78 is 5.85. The second kappa shape index (κ2) is 6.84. The summed E-state index contributed by atoms with van der Waals surface area (Å²) >= 11 is 7.79. The predicted molar refractivity (Wildman–Crippen MR) is 75.9 cm³/mol. The van der Waals surface area contributed by atoms with E-state index in [9.17, 15) is 0 Å². The average Bonchev–Trinajstić information content (AvgIpc) is 2.78. The van der Waals surface area contributed by atoms with Crippen LogP contribution in [0, 0.1) is 0 Å². The van der Waals surface area contributed by atoms with Gasteiger partial charge in [0.05, 0.1) is 23.8 Å². The Morgan fingerprint density at radius 2 is 2.56 bits per heavy atom. The van der Waals surface area contributed by atoms with Gasteiger partial charge in [-0.2, -0.15) is 0 Å². The predicted octanol–water partition coefficient (Wildman–Crippen LogP) is 2.02. The molecule has 0 radical (unpaired) electrons. The number of nitrogens with two attached hydrogens (primary N) is 1. The molecular weight excluding hydrogens is 270 g/mol. The number of hydrogen-bond acceptors (Lipinski definition) is 5. The second-order valence-electron chi connectivity index (χ2n) is 4.49. The molecule has 0 aliphatic carbocycles. The van der Waals surface area contributed by atoms with E-state index in [0.29, 0.717) is 0 Å². The van der Waals surface area contributed by atoms with Crippen molar-refractivity contribution in [1.82, 2.24) is 10.3 Å². The fourth-order valence-electron chi connectivity index (χ4n) is 2.33. The van der Waals surface area contributed by atoms with Crippen molar-refractivity contribution in [3.05, 3.63) is 21.3 Å². The lowest BCUT2D eigenvalue weighted by molar-refractivity contribution is -0.0465. The lowest BCUT2D eigenvalue weighted by Crippen LogP contribution is -2.49. The maximum absolute atomic E-state index is 6.18. The van der Waals surface area contributed by atoms with Crippen LogP contribution in [0.5, 0.6) is 0 Å². The lowest BCUT2D eigenvalue weighted by atomic mass is 10.1. The Labute approximate surface area is 117 Å². The van der Waals surface area contributed by atoms with E-state index >= 15 is 0 Å². The molecule has 1 saturated heterocycles. The zero-order valence-electron chi connectivity index (χ0n) is 10.6. The Kier molecular flexibility index (Phi) is 5.41. The lowest BCUT2D eigenvalue weighted by Gasteiger charge is -2.36. The maximum Gasteiger partial charge on any atom is 0.0918 e. The molecule has 1 aromatic heterocycles. The zero-order chi connectivity index (χ0) is 13.0. The van der Waals surface area contributed by atoms with E-state index in [1.165, 1.54) is 0 Å². The molecule has 0 amide bonds. The van der Waals surface area contributed by atoms with Crippen molar-refractivity contribution in [1.29, 1.82) is 0 Å². The van der Waals surface area contributed by atoms with E-state index in [0.717, 1.165) is 42.6 Å². The number of hydrazine groups is 1. The minimum Gasteiger partial charge on any atom is -0.373 e. The fraction of sp³-hybridized carbons (Fsp3) is 0.667. The standard InChI is InChI=1S/C12H20ClN3OS/c1-2-4-16-5-6-17-10(8-16)11(15-14)12-9(13)3-7-18-12/h3,7,10-11,15H,2,4-6,8,14H2,1H3.